The van der Waals surface area contributed by atoms with E-state index in [1.807, 2.05) is 27.7 Å². The van der Waals surface area contributed by atoms with Crippen molar-refractivity contribution >= 4 is 77.6 Å². The number of carbonyl (C=O) groups is 9. The number of carbonyl (C=O) groups excluding carboxylic acids is 8. The molecule has 11 N–H and O–H groups in total. The summed E-state index contributed by atoms with van der Waals surface area (Å²) < 4.78 is 0. The van der Waals surface area contributed by atoms with Crippen LogP contribution in [0.25, 0.3) is 0 Å². The van der Waals surface area contributed by atoms with E-state index in [0.29, 0.717) is 18.6 Å². The number of thiol groups is 1. The number of thioether (sulfide) groups is 1. The number of aliphatic hydroxyl groups is 1. The van der Waals surface area contributed by atoms with Gasteiger partial charge in [-0.25, -0.2) is 4.79 Å². The number of nitrogens with two attached hydrogens (primary N) is 1. The van der Waals surface area contributed by atoms with Crippen LogP contribution in [-0.4, -0.2) is 154 Å². The van der Waals surface area contributed by atoms with Crippen LogP contribution in [0.5, 0.6) is 0 Å². The Morgan fingerprint density at radius 3 is 1.80 bits per heavy atom. The molecule has 0 aromatic heterocycles. The van der Waals surface area contributed by atoms with Crippen molar-refractivity contribution in [1.29, 1.82) is 0 Å². The van der Waals surface area contributed by atoms with Gasteiger partial charge in [0.05, 0.1) is 19.2 Å². The van der Waals surface area contributed by atoms with Gasteiger partial charge in [0.15, 0.2) is 0 Å². The highest BCUT2D eigenvalue weighted by Crippen LogP contribution is 2.18. The topological polar surface area (TPSA) is 308 Å². The molecule has 0 spiro atoms. The number of aliphatic carboxylic acids is 1. The first-order chi connectivity index (χ1) is 28.6. The van der Waals surface area contributed by atoms with E-state index in [9.17, 15) is 53.4 Å². The smallest absolute Gasteiger partial charge is 0.326 e. The van der Waals surface area contributed by atoms with Crippen molar-refractivity contribution in [2.75, 3.05) is 37.5 Å². The van der Waals surface area contributed by atoms with E-state index in [1.165, 1.54) is 23.6 Å². The van der Waals surface area contributed by atoms with Gasteiger partial charge in [0.25, 0.3) is 0 Å². The minimum atomic E-state index is -1.54. The van der Waals surface area contributed by atoms with Crippen LogP contribution in [0.1, 0.15) is 87.0 Å². The summed E-state index contributed by atoms with van der Waals surface area (Å²) in [5.74, 6) is -7.12. The summed E-state index contributed by atoms with van der Waals surface area (Å²) in [6, 6.07) is -9.22. The number of aliphatic hydroxyl groups excluding tert-OH is 1. The summed E-state index contributed by atoms with van der Waals surface area (Å²) in [5.41, 5.74) is 5.63. The van der Waals surface area contributed by atoms with Crippen molar-refractivity contribution in [3.05, 3.63) is 0 Å². The van der Waals surface area contributed by atoms with Crippen LogP contribution in [0, 0.1) is 17.8 Å². The van der Waals surface area contributed by atoms with Crippen molar-refractivity contribution in [2.45, 2.75) is 135 Å². The zero-order valence-electron chi connectivity index (χ0n) is 36.6. The first-order valence-corrected chi connectivity index (χ1v) is 22.7. The van der Waals surface area contributed by atoms with E-state index in [-0.39, 0.29) is 49.8 Å². The molecule has 1 aliphatic heterocycles. The molecule has 1 aliphatic rings. The van der Waals surface area contributed by atoms with Gasteiger partial charge in [-0.05, 0) is 68.8 Å². The highest BCUT2D eigenvalue weighted by molar-refractivity contribution is 7.98. The Bertz CT molecular complexity index is 1520. The number of carboxylic acid groups (broad SMARTS) is 1. The van der Waals surface area contributed by atoms with Crippen LogP contribution >= 0.6 is 24.4 Å². The molecule has 0 unspecified atom stereocenters. The van der Waals surface area contributed by atoms with Gasteiger partial charge in [-0.15, -0.1) is 0 Å². The fourth-order valence-electron chi connectivity index (χ4n) is 6.35. The number of hydrogen-bond acceptors (Lipinski definition) is 13. The zero-order valence-corrected chi connectivity index (χ0v) is 38.3. The number of nitrogens with one attached hydrogen (secondary N) is 7. The number of rotatable bonds is 27. The molecule has 0 aromatic rings. The molecule has 0 saturated carbocycles. The maximum atomic E-state index is 13.7. The molecule has 8 amide bonds. The third-order valence-electron chi connectivity index (χ3n) is 10.0. The summed E-state index contributed by atoms with van der Waals surface area (Å²) in [5, 5.41) is 37.5. The Labute approximate surface area is 368 Å². The Hall–Kier alpha value is -4.15. The van der Waals surface area contributed by atoms with E-state index >= 15 is 0 Å². The van der Waals surface area contributed by atoms with Gasteiger partial charge in [-0.3, -0.25) is 38.4 Å². The number of carboxylic acids is 1. The number of nitrogens with zero attached hydrogens (tertiary/aromatic N) is 1. The lowest BCUT2D eigenvalue weighted by molar-refractivity contribution is -0.142. The minimum absolute atomic E-state index is 0.0281. The largest absolute Gasteiger partial charge is 0.480 e. The summed E-state index contributed by atoms with van der Waals surface area (Å²) in [6.45, 7) is 11.1. The van der Waals surface area contributed by atoms with E-state index in [0.717, 1.165) is 0 Å². The predicted octanol–water partition coefficient (Wildman–Crippen LogP) is -1.75. The minimum Gasteiger partial charge on any atom is -0.480 e. The SMILES string of the molecule is CC[C@H](C)[C@H](NC(=O)[C@H](CO)NC(=O)[C@@H]1CCCN1C(=O)CNC(=O)[C@H](CC(C)C)NC(=O)[C@H](C)N)C(=O)N[C@@H](CS)C(=O)N[C@@H](CCSC)C(=O)N[C@@H](CC(C)C)C(=O)O. The summed E-state index contributed by atoms with van der Waals surface area (Å²) in [4.78, 5) is 119. The van der Waals surface area contributed by atoms with Crippen LogP contribution in [0.15, 0.2) is 0 Å². The average Bonchev–Trinajstić information content (AvgIpc) is 3.70. The molecule has 9 atom stereocenters. The van der Waals surface area contributed by atoms with Crippen molar-refractivity contribution in [3.63, 3.8) is 0 Å². The fraction of sp³-hybridized carbons (Fsp3) is 0.769. The van der Waals surface area contributed by atoms with Gasteiger partial charge in [-0.2, -0.15) is 24.4 Å². The van der Waals surface area contributed by atoms with Crippen molar-refractivity contribution < 1.29 is 53.4 Å². The van der Waals surface area contributed by atoms with Gasteiger partial charge in [0.1, 0.15) is 42.3 Å². The molecule has 1 heterocycles. The van der Waals surface area contributed by atoms with Crippen LogP contribution in [0.3, 0.4) is 0 Å². The summed E-state index contributed by atoms with van der Waals surface area (Å²) in [6.07, 6.45) is 3.48. The maximum absolute atomic E-state index is 13.7. The van der Waals surface area contributed by atoms with Crippen molar-refractivity contribution in [3.8, 4) is 0 Å². The molecule has 0 radical (unpaired) electrons. The fourth-order valence-corrected chi connectivity index (χ4v) is 7.08. The normalized spacial score (nSPS) is 17.7. The lowest BCUT2D eigenvalue weighted by atomic mass is 9.97. The number of likely N-dealkylation sites (tertiary alicyclic amines) is 1. The van der Waals surface area contributed by atoms with Crippen LogP contribution < -0.4 is 43.0 Å². The van der Waals surface area contributed by atoms with Gasteiger partial charge in [0, 0.05) is 12.3 Å². The monoisotopic (exact) mass is 903 g/mol. The predicted molar refractivity (Wildman–Crippen MR) is 233 cm³/mol. The second-order valence-corrected chi connectivity index (χ2v) is 17.5. The van der Waals surface area contributed by atoms with E-state index < -0.39 is 121 Å². The molecule has 0 bridgehead atoms. The molecule has 1 saturated heterocycles. The highest BCUT2D eigenvalue weighted by atomic mass is 32.2. The maximum Gasteiger partial charge on any atom is 0.326 e. The molecular formula is C39H69N9O11S2. The first-order valence-electron chi connectivity index (χ1n) is 20.7. The molecule has 0 aromatic carbocycles. The molecule has 0 aliphatic carbocycles. The van der Waals surface area contributed by atoms with Crippen molar-refractivity contribution in [2.24, 2.45) is 23.5 Å². The summed E-state index contributed by atoms with van der Waals surface area (Å²) >= 11 is 5.64. The van der Waals surface area contributed by atoms with Gasteiger partial charge >= 0.3 is 5.97 Å². The third-order valence-corrected chi connectivity index (χ3v) is 11.0. The summed E-state index contributed by atoms with van der Waals surface area (Å²) in [7, 11) is 0. The molecule has 61 heavy (non-hydrogen) atoms. The average molecular weight is 904 g/mol. The van der Waals surface area contributed by atoms with E-state index in [1.54, 1.807) is 20.1 Å². The Kier molecular flexibility index (Phi) is 24.9. The Morgan fingerprint density at radius 2 is 1.28 bits per heavy atom. The van der Waals surface area contributed by atoms with E-state index in [4.69, 9.17) is 5.73 Å². The molecular weight excluding hydrogens is 835 g/mol. The van der Waals surface area contributed by atoms with Gasteiger partial charge < -0.3 is 58.1 Å². The third kappa shape index (κ3) is 18.8. The van der Waals surface area contributed by atoms with Gasteiger partial charge in [0.2, 0.25) is 47.3 Å². The Morgan fingerprint density at radius 1 is 0.738 bits per heavy atom. The molecule has 1 fully saturated rings. The molecule has 22 heteroatoms. The highest BCUT2D eigenvalue weighted by Gasteiger charge is 2.38. The van der Waals surface area contributed by atoms with Crippen LogP contribution in [0.2, 0.25) is 0 Å². The quantitative estimate of drug-likeness (QED) is 0.0408. The number of hydrogen-bond donors (Lipinski definition) is 11. The Balaban J connectivity index is 3.05. The second kappa shape index (κ2) is 27.7. The lowest BCUT2D eigenvalue weighted by Gasteiger charge is -2.29. The lowest BCUT2D eigenvalue weighted by Crippen LogP contribution is -2.61. The molecule has 348 valence electrons. The van der Waals surface area contributed by atoms with Crippen LogP contribution in [0.4, 0.5) is 0 Å². The van der Waals surface area contributed by atoms with E-state index in [2.05, 4.69) is 49.8 Å². The first kappa shape index (κ1) is 54.9. The second-order valence-electron chi connectivity index (χ2n) is 16.2. The van der Waals surface area contributed by atoms with Crippen LogP contribution in [-0.2, 0) is 43.2 Å². The number of amides is 8. The van der Waals surface area contributed by atoms with Crippen molar-refractivity contribution in [1.82, 2.24) is 42.1 Å². The molecule has 1 rings (SSSR count). The zero-order chi connectivity index (χ0) is 46.6. The molecule has 20 nitrogen and oxygen atoms in total. The standard InChI is InChI=1S/C39H69N9O11S2/c1-9-22(6)31(38(57)46-28(19-60)36(55)42-24(12-14-61-8)34(53)44-26(39(58)59)16-21(4)5)47-35(54)27(18-49)45-37(56)29-11-10-13-48(29)30(50)17-41-33(52)25(15-20(2)3)43-32(51)23(7)40/h20-29,31,49,60H,9-19,40H2,1-8H3,(H,41,52)(H,42,55)(H,43,51)(H,44,53)(H,45,56)(H,46,57)(H,47,54)(H,58,59)/t22-,23-,24-,25-,26-,27-,28-,29-,31-/m0/s1. The van der Waals surface area contributed by atoms with Gasteiger partial charge in [-0.1, -0.05) is 48.0 Å².